The molecule has 2 aliphatic heterocycles. The zero-order valence-corrected chi connectivity index (χ0v) is 25.8. The Balaban J connectivity index is 1.82. The topological polar surface area (TPSA) is 122 Å². The van der Waals surface area contributed by atoms with Crippen LogP contribution in [0.15, 0.2) is 64.0 Å². The van der Waals surface area contributed by atoms with Crippen LogP contribution in [0, 0.1) is 6.92 Å². The molecule has 0 bridgehead atoms. The van der Waals surface area contributed by atoms with Gasteiger partial charge in [-0.25, -0.2) is 28.0 Å². The van der Waals surface area contributed by atoms with Gasteiger partial charge in [0.15, 0.2) is 5.70 Å². The van der Waals surface area contributed by atoms with Crippen molar-refractivity contribution < 1.29 is 45.4 Å². The Morgan fingerprint density at radius 1 is 1.02 bits per heavy atom. The summed E-state index contributed by atoms with van der Waals surface area (Å²) in [6, 6.07) is 10.1. The molecule has 2 amide bonds. The number of alkyl halides is 3. The molecule has 1 atom stereocenters. The summed E-state index contributed by atoms with van der Waals surface area (Å²) in [5.41, 5.74) is -3.09. The van der Waals surface area contributed by atoms with E-state index >= 15 is 0 Å². The molecule has 2 aromatic carbocycles. The van der Waals surface area contributed by atoms with Gasteiger partial charge in [0.2, 0.25) is 9.84 Å². The fraction of sp³-hybridized carbons (Fsp3) is 0.433. The highest BCUT2D eigenvalue weighted by Crippen LogP contribution is 2.39. The summed E-state index contributed by atoms with van der Waals surface area (Å²) in [6.07, 6.45) is -5.90. The van der Waals surface area contributed by atoms with Crippen molar-refractivity contribution in [2.24, 2.45) is 0 Å². The molecule has 1 unspecified atom stereocenters. The molecule has 0 aromatic heterocycles. The average molecular weight is 638 g/mol. The number of nitrogens with one attached hydrogen (secondary N) is 1. The Morgan fingerprint density at radius 2 is 1.64 bits per heavy atom. The molecule has 1 saturated heterocycles. The summed E-state index contributed by atoms with van der Waals surface area (Å²) in [5.74, 6) is -1.93. The molecule has 0 aliphatic carbocycles. The first-order valence-corrected chi connectivity index (χ1v) is 15.3. The first-order valence-electron chi connectivity index (χ1n) is 13.9. The van der Waals surface area contributed by atoms with Crippen LogP contribution >= 0.6 is 0 Å². The maximum atomic E-state index is 14.4. The third-order valence-electron chi connectivity index (χ3n) is 7.14. The Hall–Kier alpha value is -3.91. The predicted octanol–water partition coefficient (Wildman–Crippen LogP) is 4.53. The number of hydrazine groups is 1. The highest BCUT2D eigenvalue weighted by Gasteiger charge is 2.55. The second-order valence-electron chi connectivity index (χ2n) is 11.6. The largest absolute Gasteiger partial charge is 0.461 e. The fourth-order valence-corrected chi connectivity index (χ4v) is 6.59. The first kappa shape index (κ1) is 33.0. The zero-order valence-electron chi connectivity index (χ0n) is 24.9. The van der Waals surface area contributed by atoms with Crippen LogP contribution in [-0.4, -0.2) is 67.2 Å². The lowest BCUT2D eigenvalue weighted by atomic mass is 9.84. The third kappa shape index (κ3) is 6.75. The number of nitrogens with zero attached hydrogens (tertiary/aromatic N) is 2. The maximum absolute atomic E-state index is 14.4. The molecule has 0 spiro atoms. The zero-order chi connectivity index (χ0) is 32.7. The fourth-order valence-electron chi connectivity index (χ4n) is 5.06. The minimum Gasteiger partial charge on any atom is -0.461 e. The van der Waals surface area contributed by atoms with Gasteiger partial charge in [0.05, 0.1) is 28.5 Å². The number of alkyl carbamates (subject to hydrolysis) is 1. The molecule has 238 valence electrons. The van der Waals surface area contributed by atoms with E-state index in [1.54, 1.807) is 39.8 Å². The summed E-state index contributed by atoms with van der Waals surface area (Å²) in [5, 5.41) is 4.88. The lowest BCUT2D eigenvalue weighted by Crippen LogP contribution is -2.68. The number of carbonyl (C=O) groups excluding carboxylic acids is 3. The van der Waals surface area contributed by atoms with Gasteiger partial charge in [0, 0.05) is 13.0 Å². The Labute approximate surface area is 253 Å². The molecule has 14 heteroatoms. The van der Waals surface area contributed by atoms with E-state index in [-0.39, 0.29) is 47.9 Å². The van der Waals surface area contributed by atoms with Crippen molar-refractivity contribution in [2.45, 2.75) is 69.7 Å². The van der Waals surface area contributed by atoms with Gasteiger partial charge in [-0.15, -0.1) is 0 Å². The van der Waals surface area contributed by atoms with Gasteiger partial charge >= 0.3 is 18.2 Å². The second kappa shape index (κ2) is 11.9. The number of aryl methyl sites for hydroxylation is 1. The van der Waals surface area contributed by atoms with Crippen LogP contribution in [0.25, 0.3) is 0 Å². The molecule has 0 radical (unpaired) electrons. The second-order valence-corrected chi connectivity index (χ2v) is 13.6. The standard InChI is InChI=1S/C30H34F3N3O7S/c1-6-42-25(37)24-23(44(40,41)22-13-7-19(2)8-14-22)18-35-16-15-29(26(38)36(24)35,34-27(39)43-28(3,4)5)17-20-9-11-21(12-10-20)30(31,32)33/h7-14H,6,15-18H2,1-5H3,(H,34,39). The van der Waals surface area contributed by atoms with Crippen LogP contribution in [0.4, 0.5) is 18.0 Å². The quantitative estimate of drug-likeness (QED) is 0.440. The molecular formula is C30H34F3N3O7S. The summed E-state index contributed by atoms with van der Waals surface area (Å²) < 4.78 is 77.8. The van der Waals surface area contributed by atoms with E-state index in [2.05, 4.69) is 5.32 Å². The van der Waals surface area contributed by atoms with Crippen molar-refractivity contribution in [3.8, 4) is 0 Å². The van der Waals surface area contributed by atoms with Crippen LogP contribution < -0.4 is 5.32 Å². The number of carbonyl (C=O) groups is 3. The number of esters is 1. The number of sulfone groups is 1. The van der Waals surface area contributed by atoms with Gasteiger partial charge in [0.1, 0.15) is 11.1 Å². The van der Waals surface area contributed by atoms with Gasteiger partial charge in [-0.1, -0.05) is 29.8 Å². The summed E-state index contributed by atoms with van der Waals surface area (Å²) in [6.45, 7) is 7.72. The highest BCUT2D eigenvalue weighted by molar-refractivity contribution is 7.95. The number of amides is 2. The summed E-state index contributed by atoms with van der Waals surface area (Å²) in [4.78, 5) is 40.3. The van der Waals surface area contributed by atoms with Crippen LogP contribution in [0.2, 0.25) is 0 Å². The van der Waals surface area contributed by atoms with E-state index in [9.17, 15) is 36.0 Å². The molecule has 4 rings (SSSR count). The van der Waals surface area contributed by atoms with Crippen molar-refractivity contribution in [1.82, 2.24) is 15.3 Å². The SMILES string of the molecule is CCOC(=O)C1=C(S(=O)(=O)c2ccc(C)cc2)CN2CCC(Cc3ccc(C(F)(F)F)cc3)(NC(=O)OC(C)(C)C)C(=O)N12. The van der Waals surface area contributed by atoms with Crippen molar-refractivity contribution in [3.05, 3.63) is 75.8 Å². The number of rotatable bonds is 7. The van der Waals surface area contributed by atoms with Crippen LogP contribution in [-0.2, 0) is 41.5 Å². The number of benzene rings is 2. The van der Waals surface area contributed by atoms with E-state index in [1.807, 2.05) is 0 Å². The van der Waals surface area contributed by atoms with Crippen LogP contribution in [0.1, 0.15) is 50.8 Å². The Kier molecular flexibility index (Phi) is 8.91. The van der Waals surface area contributed by atoms with Gasteiger partial charge < -0.3 is 14.8 Å². The molecule has 44 heavy (non-hydrogen) atoms. The lowest BCUT2D eigenvalue weighted by Gasteiger charge is -2.45. The van der Waals surface area contributed by atoms with Crippen molar-refractivity contribution in [1.29, 1.82) is 0 Å². The van der Waals surface area contributed by atoms with Crippen molar-refractivity contribution >= 4 is 27.8 Å². The van der Waals surface area contributed by atoms with E-state index < -0.39 is 56.4 Å². The first-order chi connectivity index (χ1) is 20.4. The van der Waals surface area contributed by atoms with Crippen molar-refractivity contribution in [2.75, 3.05) is 19.7 Å². The van der Waals surface area contributed by atoms with E-state index in [0.717, 1.165) is 22.7 Å². The minimum absolute atomic E-state index is 0.00199. The molecule has 1 N–H and O–H groups in total. The Bertz CT molecular complexity index is 1580. The average Bonchev–Trinajstić information content (AvgIpc) is 3.31. The predicted molar refractivity (Wildman–Crippen MR) is 152 cm³/mol. The Morgan fingerprint density at radius 3 is 2.18 bits per heavy atom. The number of ether oxygens (including phenoxy) is 2. The number of hydrogen-bond acceptors (Lipinski definition) is 8. The summed E-state index contributed by atoms with van der Waals surface area (Å²) in [7, 11) is -4.29. The number of halogens is 3. The van der Waals surface area contributed by atoms with Crippen LogP contribution in [0.3, 0.4) is 0 Å². The van der Waals surface area contributed by atoms with Gasteiger partial charge in [0.25, 0.3) is 5.91 Å². The monoisotopic (exact) mass is 637 g/mol. The lowest BCUT2D eigenvalue weighted by molar-refractivity contribution is -0.162. The molecule has 1 fully saturated rings. The normalized spacial score (nSPS) is 19.5. The molecule has 2 heterocycles. The maximum Gasteiger partial charge on any atom is 0.416 e. The number of hydrogen-bond donors (Lipinski definition) is 1. The smallest absolute Gasteiger partial charge is 0.416 e. The molecular weight excluding hydrogens is 603 g/mol. The summed E-state index contributed by atoms with van der Waals surface area (Å²) >= 11 is 0. The van der Waals surface area contributed by atoms with E-state index in [1.165, 1.54) is 36.2 Å². The van der Waals surface area contributed by atoms with E-state index in [0.29, 0.717) is 0 Å². The highest BCUT2D eigenvalue weighted by atomic mass is 32.2. The molecule has 2 aromatic rings. The van der Waals surface area contributed by atoms with Gasteiger partial charge in [-0.05, 0) is 70.9 Å². The third-order valence-corrected chi connectivity index (χ3v) is 9.00. The van der Waals surface area contributed by atoms with Gasteiger partial charge in [-0.3, -0.25) is 4.79 Å². The minimum atomic E-state index is -4.58. The van der Waals surface area contributed by atoms with Crippen LogP contribution in [0.5, 0.6) is 0 Å². The molecule has 2 aliphatic rings. The van der Waals surface area contributed by atoms with Crippen molar-refractivity contribution in [3.63, 3.8) is 0 Å². The molecule has 0 saturated carbocycles. The number of fused-ring (bicyclic) bond motifs is 1. The van der Waals surface area contributed by atoms with E-state index in [4.69, 9.17) is 9.47 Å². The van der Waals surface area contributed by atoms with Gasteiger partial charge in [-0.2, -0.15) is 13.2 Å². The molecule has 10 nitrogen and oxygen atoms in total.